The maximum atomic E-state index is 15.3. The van der Waals surface area contributed by atoms with Gasteiger partial charge in [-0.25, -0.2) is 9.97 Å². The van der Waals surface area contributed by atoms with Crippen molar-refractivity contribution in [2.45, 2.75) is 191 Å². The lowest BCUT2D eigenvalue weighted by Gasteiger charge is -2.50. The molecule has 3 aromatic heterocycles. The van der Waals surface area contributed by atoms with Gasteiger partial charge >= 0.3 is 11.9 Å². The summed E-state index contributed by atoms with van der Waals surface area (Å²) in [6, 6.07) is 3.03. The molecule has 1 amide bonds. The summed E-state index contributed by atoms with van der Waals surface area (Å²) in [5, 5.41) is 25.1. The molecule has 4 fully saturated rings. The van der Waals surface area contributed by atoms with Crippen LogP contribution >= 0.6 is 11.8 Å². The van der Waals surface area contributed by atoms with Gasteiger partial charge in [0.25, 0.3) is 5.91 Å². The van der Waals surface area contributed by atoms with Crippen LogP contribution in [0.1, 0.15) is 112 Å². The number of esters is 2. The number of aromatic nitrogens is 4. The molecule has 0 aliphatic carbocycles. The fourth-order valence-corrected chi connectivity index (χ4v) is 13.9. The Morgan fingerprint density at radius 2 is 1.64 bits per heavy atom. The number of thioether (sulfide) groups is 1. The highest BCUT2D eigenvalue weighted by atomic mass is 32.2. The molecule has 0 bridgehead atoms. The van der Waals surface area contributed by atoms with Crippen LogP contribution in [0.3, 0.4) is 0 Å². The SMILES string of the molecule is CC[C@H]1OC(=O)[C@H](C)[C@@H](O[C@H]2C[C@@](C)(OC)[C@@H](O)[C@H](C)O2)[C@H](C)[C@@H](O[C@@H]2O[C@H](C)C[C@H](N(C)C)[C@H]2O)[C@](C)(OC)C[C@@H](C)C(=O)[C@H](C)[C@H]2[C@H](SCCCn3cnc4c(N)ncc(C(=O)Nc5ccncc5)c43)C(=O)O[C@@]21C. The van der Waals surface area contributed by atoms with Crippen LogP contribution in [-0.2, 0) is 58.8 Å². The molecule has 22 heteroatoms. The number of nitrogen functional groups attached to an aromatic ring is 1. The minimum absolute atomic E-state index is 0.103. The second-order valence-electron chi connectivity index (χ2n) is 22.6. The van der Waals surface area contributed by atoms with Crippen LogP contribution in [0.4, 0.5) is 11.5 Å². The summed E-state index contributed by atoms with van der Waals surface area (Å²) in [6.45, 7) is 18.5. The van der Waals surface area contributed by atoms with Gasteiger partial charge in [-0.3, -0.25) is 24.2 Å². The number of nitrogens with one attached hydrogen (secondary N) is 1. The third-order valence-electron chi connectivity index (χ3n) is 17.0. The number of imidazole rings is 1. The van der Waals surface area contributed by atoms with E-state index in [-0.39, 0.29) is 48.6 Å². The molecule has 0 spiro atoms. The number of aliphatic hydroxyl groups is 2. The number of anilines is 2. The smallest absolute Gasteiger partial charge is 0.320 e. The molecule has 4 aliphatic heterocycles. The number of carbonyl (C=O) groups excluding carboxylic acids is 4. The van der Waals surface area contributed by atoms with E-state index in [2.05, 4.69) is 20.3 Å². The number of aryl methyl sites for hydroxylation is 1. The average Bonchev–Trinajstić information content (AvgIpc) is 3.99. The van der Waals surface area contributed by atoms with Gasteiger partial charge in [-0.15, -0.1) is 11.8 Å². The van der Waals surface area contributed by atoms with Crippen molar-refractivity contribution < 1.29 is 67.3 Å². The number of hydrogen-bond donors (Lipinski definition) is 4. The van der Waals surface area contributed by atoms with Crippen molar-refractivity contribution in [3.05, 3.63) is 42.6 Å². The maximum absolute atomic E-state index is 15.3. The first kappa shape index (κ1) is 60.3. The number of rotatable bonds is 15. The van der Waals surface area contributed by atoms with Gasteiger partial charge in [0.1, 0.15) is 34.9 Å². The quantitative estimate of drug-likeness (QED) is 0.109. The van der Waals surface area contributed by atoms with Crippen LogP contribution in [0.25, 0.3) is 11.0 Å². The Morgan fingerprint density at radius 3 is 2.29 bits per heavy atom. The number of aliphatic hydroxyl groups excluding tert-OH is 2. The molecule has 0 radical (unpaired) electrons. The molecule has 428 valence electrons. The van der Waals surface area contributed by atoms with Gasteiger partial charge in [0.2, 0.25) is 0 Å². The summed E-state index contributed by atoms with van der Waals surface area (Å²) < 4.78 is 53.8. The van der Waals surface area contributed by atoms with E-state index >= 15 is 9.59 Å². The van der Waals surface area contributed by atoms with Crippen LogP contribution in [0.15, 0.2) is 37.1 Å². The molecule has 7 rings (SSSR count). The van der Waals surface area contributed by atoms with Crippen molar-refractivity contribution in [2.24, 2.45) is 29.6 Å². The van der Waals surface area contributed by atoms with Crippen molar-refractivity contribution in [2.75, 3.05) is 45.1 Å². The zero-order chi connectivity index (χ0) is 56.5. The summed E-state index contributed by atoms with van der Waals surface area (Å²) in [4.78, 5) is 73.1. The van der Waals surface area contributed by atoms with Crippen molar-refractivity contribution in [1.82, 2.24) is 24.4 Å². The molecule has 21 nitrogen and oxygen atoms in total. The molecule has 77 heavy (non-hydrogen) atoms. The van der Waals surface area contributed by atoms with Gasteiger partial charge in [0.05, 0.1) is 58.9 Å². The molecule has 4 saturated heterocycles. The number of likely N-dealkylation sites (N-methyl/N-ethyl adjacent to an activating group) is 1. The Kier molecular flexibility index (Phi) is 19.2. The summed E-state index contributed by atoms with van der Waals surface area (Å²) in [7, 11) is 6.82. The normalized spacial score (nSPS) is 38.5. The van der Waals surface area contributed by atoms with Crippen LogP contribution in [0, 0.1) is 29.6 Å². The predicted octanol–water partition coefficient (Wildman–Crippen LogP) is 5.43. The zero-order valence-electron chi connectivity index (χ0n) is 47.2. The van der Waals surface area contributed by atoms with E-state index in [0.29, 0.717) is 41.9 Å². The van der Waals surface area contributed by atoms with Gasteiger partial charge in [0, 0.05) is 81.2 Å². The summed E-state index contributed by atoms with van der Waals surface area (Å²) in [5.74, 6) is -5.21. The Balaban J connectivity index is 1.22. The predicted molar refractivity (Wildman–Crippen MR) is 287 cm³/mol. The topological polar surface area (TPSA) is 267 Å². The monoisotopic (exact) mass is 1100 g/mol. The van der Waals surface area contributed by atoms with E-state index in [0.717, 1.165) is 0 Å². The molecular weight excluding hydrogens is 1010 g/mol. The van der Waals surface area contributed by atoms with E-state index in [1.54, 1.807) is 58.5 Å². The van der Waals surface area contributed by atoms with Gasteiger partial charge in [-0.05, 0) is 99.2 Å². The van der Waals surface area contributed by atoms with E-state index in [1.807, 2.05) is 65.1 Å². The van der Waals surface area contributed by atoms with E-state index < -0.39 is 119 Å². The van der Waals surface area contributed by atoms with Crippen LogP contribution < -0.4 is 11.1 Å². The van der Waals surface area contributed by atoms with Gasteiger partial charge in [-0.2, -0.15) is 0 Å². The highest BCUT2D eigenvalue weighted by Gasteiger charge is 2.62. The van der Waals surface area contributed by atoms with Gasteiger partial charge < -0.3 is 68.6 Å². The lowest BCUT2D eigenvalue weighted by molar-refractivity contribution is -0.319. The summed E-state index contributed by atoms with van der Waals surface area (Å²) in [6.07, 6.45) is -0.608. The number of hydrogen-bond acceptors (Lipinski definition) is 20. The van der Waals surface area contributed by atoms with Crippen molar-refractivity contribution in [1.29, 1.82) is 0 Å². The number of cyclic esters (lactones) is 1. The second kappa shape index (κ2) is 24.6. The fourth-order valence-electron chi connectivity index (χ4n) is 12.4. The molecule has 7 heterocycles. The molecule has 4 aliphatic rings. The van der Waals surface area contributed by atoms with E-state index in [9.17, 15) is 19.8 Å². The summed E-state index contributed by atoms with van der Waals surface area (Å²) in [5.41, 5.74) is 4.12. The Bertz CT molecular complexity index is 2540. The number of carbonyl (C=O) groups is 4. The lowest BCUT2D eigenvalue weighted by Crippen LogP contribution is -2.61. The number of ether oxygens (including phenoxy) is 8. The number of Topliss-reactive ketones (excluding diaryl/α,β-unsaturated/α-hetero) is 1. The Hall–Kier alpha value is -4.36. The number of nitrogens with zero attached hydrogens (tertiary/aromatic N) is 5. The van der Waals surface area contributed by atoms with E-state index in [4.69, 9.17) is 43.6 Å². The van der Waals surface area contributed by atoms with Crippen molar-refractivity contribution >= 4 is 57.9 Å². The number of methoxy groups -OCH3 is 2. The third-order valence-corrected chi connectivity index (χ3v) is 18.3. The van der Waals surface area contributed by atoms with Crippen LogP contribution in [0.2, 0.25) is 0 Å². The number of amides is 1. The number of fused-ring (bicyclic) bond motifs is 2. The maximum Gasteiger partial charge on any atom is 0.320 e. The van der Waals surface area contributed by atoms with E-state index in [1.165, 1.54) is 32.2 Å². The van der Waals surface area contributed by atoms with Crippen molar-refractivity contribution in [3.63, 3.8) is 0 Å². The highest BCUT2D eigenvalue weighted by molar-refractivity contribution is 8.00. The third kappa shape index (κ3) is 12.4. The standard InChI is InChI=1S/C55H83N7O14S/c1-15-37-55(10)39(45(51(68)76-55)77-22-16-21-62-27-59-40-41(62)35(26-58-48(40)56)49(66)60-34-17-19-57-20-18-34)30(4)42(63)28(2)24-54(9,70-14)47(75-52-43(64)36(61(11)12)23-29(3)71-52)31(5)44(32(6)50(67)73-37)74-38-25-53(8,69-13)46(65)33(7)72-38/h17-20,26-33,36-39,43-47,52,64-65H,15-16,21-25H2,1-14H3,(H2,56,58)(H,57,60,66)/t28-,29-,30-,31+,32-,33+,36+,37-,38+,39+,43-,44+,45+,46+,47-,52+,53-,54-,55-/m1/s1. The molecule has 3 aromatic rings. The molecule has 5 N–H and O–H groups in total. The average molecular weight is 1100 g/mol. The fraction of sp³-hybridized carbons (Fsp3) is 0.727. The first-order chi connectivity index (χ1) is 36.3. The lowest BCUT2D eigenvalue weighted by atomic mass is 9.70. The van der Waals surface area contributed by atoms with Gasteiger partial charge in [-0.1, -0.05) is 27.7 Å². The molecular formula is C55H83N7O14S. The van der Waals surface area contributed by atoms with Gasteiger partial charge in [0.15, 0.2) is 24.0 Å². The zero-order valence-corrected chi connectivity index (χ0v) is 48.0. The molecule has 0 unspecified atom stereocenters. The minimum atomic E-state index is -1.45. The molecule has 0 aromatic carbocycles. The Labute approximate surface area is 456 Å². The first-order valence-electron chi connectivity index (χ1n) is 27.0. The molecule has 0 saturated carbocycles. The second-order valence-corrected chi connectivity index (χ2v) is 23.9. The largest absolute Gasteiger partial charge is 0.458 e. The number of pyridine rings is 2. The first-order valence-corrected chi connectivity index (χ1v) is 28.0. The minimum Gasteiger partial charge on any atom is -0.458 e. The van der Waals surface area contributed by atoms with Crippen molar-refractivity contribution in [3.8, 4) is 0 Å². The Morgan fingerprint density at radius 1 is 0.948 bits per heavy atom. The number of ketones is 1. The highest BCUT2D eigenvalue weighted by Crippen LogP contribution is 2.50. The van der Waals surface area contributed by atoms with Crippen LogP contribution in [0.5, 0.6) is 0 Å². The number of nitrogens with two attached hydrogens (primary N) is 1. The molecule has 19 atom stereocenters. The summed E-state index contributed by atoms with van der Waals surface area (Å²) >= 11 is 1.36. The van der Waals surface area contributed by atoms with Crippen LogP contribution in [-0.4, -0.2) is 176 Å².